The Morgan fingerprint density at radius 3 is 2.76 bits per heavy atom. The van der Waals surface area contributed by atoms with E-state index in [0.29, 0.717) is 17.7 Å². The van der Waals surface area contributed by atoms with E-state index in [1.54, 1.807) is 31.3 Å². The van der Waals surface area contributed by atoms with Gasteiger partial charge in [-0.2, -0.15) is 0 Å². The number of nitrogens with zero attached hydrogens (tertiary/aromatic N) is 2. The smallest absolute Gasteiger partial charge is 0.255 e. The average Bonchev–Trinajstić information content (AvgIpc) is 2.96. The first-order valence-corrected chi connectivity index (χ1v) is 9.62. The summed E-state index contributed by atoms with van der Waals surface area (Å²) < 4.78 is 36.9. The third-order valence-electron chi connectivity index (χ3n) is 4.21. The summed E-state index contributed by atoms with van der Waals surface area (Å²) in [6.07, 6.45) is 3.34. The fraction of sp³-hybridized carbons (Fsp3) is 0.294. The molecule has 0 bridgehead atoms. The Bertz CT molecular complexity index is 902. The van der Waals surface area contributed by atoms with Crippen molar-refractivity contribution in [1.29, 1.82) is 0 Å². The van der Waals surface area contributed by atoms with Gasteiger partial charge in [0.25, 0.3) is 5.91 Å². The van der Waals surface area contributed by atoms with E-state index >= 15 is 0 Å². The zero-order valence-electron chi connectivity index (χ0n) is 13.6. The molecule has 1 atom stereocenters. The van der Waals surface area contributed by atoms with Crippen LogP contribution in [-0.4, -0.2) is 48.8 Å². The van der Waals surface area contributed by atoms with Crippen LogP contribution in [0.15, 0.2) is 42.7 Å². The zero-order chi connectivity index (χ0) is 18.0. The fourth-order valence-corrected chi connectivity index (χ4v) is 4.57. The first-order valence-electron chi connectivity index (χ1n) is 7.80. The summed E-state index contributed by atoms with van der Waals surface area (Å²) in [4.78, 5) is 18.1. The van der Waals surface area contributed by atoms with Crippen LogP contribution in [0.3, 0.4) is 0 Å². The number of para-hydroxylation sites is 1. The second kappa shape index (κ2) is 6.79. The van der Waals surface area contributed by atoms with Gasteiger partial charge in [0.2, 0.25) is 0 Å². The summed E-state index contributed by atoms with van der Waals surface area (Å²) in [6, 6.07) is 7.44. The molecule has 1 N–H and O–H groups in total. The highest BCUT2D eigenvalue weighted by atomic mass is 32.2. The number of halogens is 1. The van der Waals surface area contributed by atoms with Crippen LogP contribution >= 0.6 is 0 Å². The van der Waals surface area contributed by atoms with E-state index in [1.165, 1.54) is 23.4 Å². The van der Waals surface area contributed by atoms with Gasteiger partial charge in [-0.25, -0.2) is 12.8 Å². The molecule has 2 heterocycles. The molecule has 1 saturated heterocycles. The Hall–Kier alpha value is -2.48. The quantitative estimate of drug-likeness (QED) is 0.901. The van der Waals surface area contributed by atoms with E-state index in [2.05, 4.69) is 10.3 Å². The minimum atomic E-state index is -3.07. The number of aromatic nitrogens is 1. The summed E-state index contributed by atoms with van der Waals surface area (Å²) >= 11 is 0. The second-order valence-electron chi connectivity index (χ2n) is 6.04. The lowest BCUT2D eigenvalue weighted by Crippen LogP contribution is -2.37. The van der Waals surface area contributed by atoms with Gasteiger partial charge in [0.05, 0.1) is 34.6 Å². The van der Waals surface area contributed by atoms with Crippen LogP contribution in [-0.2, 0) is 9.84 Å². The molecule has 1 fully saturated rings. The van der Waals surface area contributed by atoms with E-state index in [1.807, 2.05) is 0 Å². The Kier molecular flexibility index (Phi) is 4.71. The van der Waals surface area contributed by atoms with Gasteiger partial charge in [-0.1, -0.05) is 12.1 Å². The van der Waals surface area contributed by atoms with Crippen molar-refractivity contribution in [2.24, 2.45) is 0 Å². The molecule has 1 aromatic heterocycles. The largest absolute Gasteiger partial charge is 0.352 e. The third kappa shape index (κ3) is 3.96. The first-order chi connectivity index (χ1) is 11.9. The lowest BCUT2D eigenvalue weighted by atomic mass is 10.2. The van der Waals surface area contributed by atoms with Crippen molar-refractivity contribution in [3.63, 3.8) is 0 Å². The highest BCUT2D eigenvalue weighted by molar-refractivity contribution is 7.91. The highest BCUT2D eigenvalue weighted by Gasteiger charge is 2.33. The molecular weight excluding hydrogens is 345 g/mol. The maximum atomic E-state index is 13.7. The summed E-state index contributed by atoms with van der Waals surface area (Å²) in [5, 5.41) is 2.88. The summed E-state index contributed by atoms with van der Waals surface area (Å²) in [5.74, 6) is -0.641. The number of sulfone groups is 1. The van der Waals surface area contributed by atoms with Gasteiger partial charge >= 0.3 is 0 Å². The Morgan fingerprint density at radius 2 is 2.08 bits per heavy atom. The van der Waals surface area contributed by atoms with Crippen molar-refractivity contribution in [3.05, 3.63) is 54.1 Å². The van der Waals surface area contributed by atoms with Gasteiger partial charge in [-0.15, -0.1) is 0 Å². The number of carbonyl (C=O) groups excluding carboxylic acids is 1. The van der Waals surface area contributed by atoms with Crippen molar-refractivity contribution < 1.29 is 17.6 Å². The van der Waals surface area contributed by atoms with Crippen LogP contribution in [0.1, 0.15) is 16.8 Å². The second-order valence-corrected chi connectivity index (χ2v) is 8.27. The number of pyridine rings is 1. The maximum absolute atomic E-state index is 13.7. The van der Waals surface area contributed by atoms with Crippen LogP contribution in [0.2, 0.25) is 0 Å². The van der Waals surface area contributed by atoms with Gasteiger partial charge in [0.1, 0.15) is 5.82 Å². The van der Waals surface area contributed by atoms with Crippen molar-refractivity contribution in [2.45, 2.75) is 12.5 Å². The number of nitrogens with one attached hydrogen (secondary N) is 1. The minimum Gasteiger partial charge on any atom is -0.352 e. The van der Waals surface area contributed by atoms with E-state index in [9.17, 15) is 17.6 Å². The first kappa shape index (κ1) is 17.3. The molecule has 0 spiro atoms. The molecule has 1 amide bonds. The van der Waals surface area contributed by atoms with Crippen LogP contribution in [0, 0.1) is 5.82 Å². The SMILES string of the molecule is CN(C(=O)c1cncc(Nc2ccccc2F)c1)C1CCS(=O)(=O)C1. The van der Waals surface area contributed by atoms with Crippen LogP contribution < -0.4 is 5.32 Å². The highest BCUT2D eigenvalue weighted by Crippen LogP contribution is 2.22. The topological polar surface area (TPSA) is 79.4 Å². The van der Waals surface area contributed by atoms with Crippen LogP contribution in [0.4, 0.5) is 15.8 Å². The molecule has 25 heavy (non-hydrogen) atoms. The number of anilines is 2. The summed E-state index contributed by atoms with van der Waals surface area (Å²) in [6.45, 7) is 0. The zero-order valence-corrected chi connectivity index (χ0v) is 14.5. The molecule has 1 unspecified atom stereocenters. The van der Waals surface area contributed by atoms with E-state index in [4.69, 9.17) is 0 Å². The average molecular weight is 363 g/mol. The molecule has 1 aliphatic rings. The number of amides is 1. The van der Waals surface area contributed by atoms with E-state index < -0.39 is 15.7 Å². The number of carbonyl (C=O) groups is 1. The van der Waals surface area contributed by atoms with E-state index in [0.717, 1.165) is 0 Å². The van der Waals surface area contributed by atoms with Gasteiger partial charge in [-0.05, 0) is 24.6 Å². The molecule has 6 nitrogen and oxygen atoms in total. The molecule has 1 aromatic carbocycles. The molecule has 3 rings (SSSR count). The van der Waals surface area contributed by atoms with Crippen LogP contribution in [0.5, 0.6) is 0 Å². The summed E-state index contributed by atoms with van der Waals surface area (Å²) in [5.41, 5.74) is 1.07. The van der Waals surface area contributed by atoms with Gasteiger partial charge in [0, 0.05) is 19.3 Å². The summed E-state index contributed by atoms with van der Waals surface area (Å²) in [7, 11) is -1.49. The molecule has 0 aliphatic carbocycles. The van der Waals surface area contributed by atoms with Gasteiger partial charge in [0.15, 0.2) is 9.84 Å². The molecule has 0 saturated carbocycles. The Balaban J connectivity index is 1.77. The molecule has 1 aliphatic heterocycles. The number of hydrogen-bond acceptors (Lipinski definition) is 5. The van der Waals surface area contributed by atoms with Gasteiger partial charge < -0.3 is 10.2 Å². The van der Waals surface area contributed by atoms with E-state index in [-0.39, 0.29) is 29.1 Å². The number of rotatable bonds is 4. The maximum Gasteiger partial charge on any atom is 0.255 e. The molecule has 0 radical (unpaired) electrons. The predicted octanol–water partition coefficient (Wildman–Crippen LogP) is 2.22. The fourth-order valence-electron chi connectivity index (χ4n) is 2.79. The molecule has 8 heteroatoms. The monoisotopic (exact) mass is 363 g/mol. The lowest BCUT2D eigenvalue weighted by Gasteiger charge is -2.23. The molecule has 132 valence electrons. The normalized spacial score (nSPS) is 18.7. The van der Waals surface area contributed by atoms with Crippen molar-refractivity contribution in [3.8, 4) is 0 Å². The Morgan fingerprint density at radius 1 is 1.32 bits per heavy atom. The Labute approximate surface area is 145 Å². The number of benzene rings is 1. The van der Waals surface area contributed by atoms with Gasteiger partial charge in [-0.3, -0.25) is 9.78 Å². The van der Waals surface area contributed by atoms with Crippen molar-refractivity contribution in [2.75, 3.05) is 23.9 Å². The molecule has 2 aromatic rings. The lowest BCUT2D eigenvalue weighted by molar-refractivity contribution is 0.0747. The third-order valence-corrected chi connectivity index (χ3v) is 5.96. The van der Waals surface area contributed by atoms with Crippen molar-refractivity contribution in [1.82, 2.24) is 9.88 Å². The number of hydrogen-bond donors (Lipinski definition) is 1. The molecular formula is C17H18FN3O3S. The predicted molar refractivity (Wildman–Crippen MR) is 93.1 cm³/mol. The van der Waals surface area contributed by atoms with Crippen LogP contribution in [0.25, 0.3) is 0 Å². The standard InChI is InChI=1S/C17H18FN3O3S/c1-21(14-6-7-25(23,24)11-14)17(22)12-8-13(10-19-9-12)20-16-5-3-2-4-15(16)18/h2-5,8-10,14,20H,6-7,11H2,1H3. The minimum absolute atomic E-state index is 0.0180. The van der Waals surface area contributed by atoms with Crippen molar-refractivity contribution >= 4 is 27.1 Å².